The van der Waals surface area contributed by atoms with Gasteiger partial charge in [-0.15, -0.1) is 11.3 Å². The molecule has 0 radical (unpaired) electrons. The average Bonchev–Trinajstić information content (AvgIpc) is 3.35. The van der Waals surface area contributed by atoms with Gasteiger partial charge in [0.05, 0.1) is 23.7 Å². The molecule has 3 aromatic rings. The molecule has 5 N–H and O–H groups in total. The summed E-state index contributed by atoms with van der Waals surface area (Å²) >= 11 is 1.30. The lowest BCUT2D eigenvalue weighted by atomic mass is 10.1. The van der Waals surface area contributed by atoms with Gasteiger partial charge in [0.2, 0.25) is 5.91 Å². The molecule has 3 rings (SSSR count). The SMILES string of the molecule is CCCCCc1ccc(S(=O)(=O)Nc2cccc(-c3csc(NC(=O)CNCCNCCO)n3)c2)cc1. The number of carbonyl (C=O) groups is 1. The number of hydrogen-bond acceptors (Lipinski definition) is 8. The third kappa shape index (κ3) is 9.52. The van der Waals surface area contributed by atoms with Crippen molar-refractivity contribution in [1.29, 1.82) is 0 Å². The fraction of sp³-hybridized carbons (Fsp3) is 0.385. The van der Waals surface area contributed by atoms with Gasteiger partial charge in [-0.2, -0.15) is 0 Å². The zero-order chi connectivity index (χ0) is 26.5. The van der Waals surface area contributed by atoms with Gasteiger partial charge in [0.15, 0.2) is 5.13 Å². The van der Waals surface area contributed by atoms with Crippen LogP contribution in [0.4, 0.5) is 10.8 Å². The molecular weight excluding hydrogens is 510 g/mol. The maximum atomic E-state index is 12.9. The van der Waals surface area contributed by atoms with E-state index in [0.717, 1.165) is 36.8 Å². The molecule has 1 aromatic heterocycles. The number of nitrogens with zero attached hydrogens (tertiary/aromatic N) is 1. The smallest absolute Gasteiger partial charge is 0.261 e. The molecule has 0 saturated carbocycles. The number of aliphatic hydroxyl groups is 1. The number of thiazole rings is 1. The van der Waals surface area contributed by atoms with E-state index >= 15 is 0 Å². The zero-order valence-corrected chi connectivity index (χ0v) is 22.6. The minimum absolute atomic E-state index is 0.0781. The Morgan fingerprint density at radius 1 is 1.03 bits per heavy atom. The Morgan fingerprint density at radius 3 is 2.57 bits per heavy atom. The fourth-order valence-electron chi connectivity index (χ4n) is 3.58. The van der Waals surface area contributed by atoms with Crippen LogP contribution < -0.4 is 20.7 Å². The molecule has 11 heteroatoms. The van der Waals surface area contributed by atoms with Crippen LogP contribution in [0.15, 0.2) is 58.8 Å². The molecule has 0 aliphatic carbocycles. The van der Waals surface area contributed by atoms with Crippen molar-refractivity contribution in [3.8, 4) is 11.3 Å². The number of unbranched alkanes of at least 4 members (excludes halogenated alkanes) is 2. The summed E-state index contributed by atoms with van der Waals surface area (Å²) in [5.74, 6) is -0.207. The van der Waals surface area contributed by atoms with Crippen molar-refractivity contribution in [1.82, 2.24) is 15.6 Å². The molecule has 0 fully saturated rings. The molecule has 0 atom stereocenters. The lowest BCUT2D eigenvalue weighted by Crippen LogP contribution is -2.34. The third-order valence-electron chi connectivity index (χ3n) is 5.52. The van der Waals surface area contributed by atoms with Crippen LogP contribution in [0.3, 0.4) is 0 Å². The van der Waals surface area contributed by atoms with E-state index in [-0.39, 0.29) is 24.0 Å². The van der Waals surface area contributed by atoms with Crippen LogP contribution in [0.2, 0.25) is 0 Å². The van der Waals surface area contributed by atoms with Gasteiger partial charge < -0.3 is 21.1 Å². The second kappa shape index (κ2) is 14.8. The van der Waals surface area contributed by atoms with Crippen molar-refractivity contribution in [3.63, 3.8) is 0 Å². The zero-order valence-electron chi connectivity index (χ0n) is 21.0. The Balaban J connectivity index is 1.56. The highest BCUT2D eigenvalue weighted by Crippen LogP contribution is 2.27. The Hall–Kier alpha value is -2.83. The molecule has 1 heterocycles. The Bertz CT molecular complexity index is 1230. The lowest BCUT2D eigenvalue weighted by molar-refractivity contribution is -0.115. The van der Waals surface area contributed by atoms with Gasteiger partial charge in [0, 0.05) is 36.3 Å². The summed E-state index contributed by atoms with van der Waals surface area (Å²) in [7, 11) is -3.73. The number of rotatable bonds is 16. The summed E-state index contributed by atoms with van der Waals surface area (Å²) < 4.78 is 28.5. The number of sulfonamides is 1. The molecule has 37 heavy (non-hydrogen) atoms. The number of aryl methyl sites for hydroxylation is 1. The number of hydrogen-bond donors (Lipinski definition) is 5. The van der Waals surface area contributed by atoms with Gasteiger partial charge in [0.1, 0.15) is 0 Å². The molecule has 0 aliphatic rings. The Kier molecular flexibility index (Phi) is 11.5. The van der Waals surface area contributed by atoms with E-state index < -0.39 is 10.0 Å². The van der Waals surface area contributed by atoms with Crippen LogP contribution in [-0.2, 0) is 21.2 Å². The van der Waals surface area contributed by atoms with Crippen LogP contribution in [-0.4, -0.2) is 57.2 Å². The van der Waals surface area contributed by atoms with Gasteiger partial charge in [0.25, 0.3) is 10.0 Å². The maximum absolute atomic E-state index is 12.9. The highest BCUT2D eigenvalue weighted by atomic mass is 32.2. The van der Waals surface area contributed by atoms with Crippen molar-refractivity contribution < 1.29 is 18.3 Å². The first-order valence-corrected chi connectivity index (χ1v) is 14.8. The molecule has 1 amide bonds. The highest BCUT2D eigenvalue weighted by Gasteiger charge is 2.15. The van der Waals surface area contributed by atoms with Crippen molar-refractivity contribution in [3.05, 3.63) is 59.5 Å². The quantitative estimate of drug-likeness (QED) is 0.174. The van der Waals surface area contributed by atoms with Gasteiger partial charge in [-0.25, -0.2) is 13.4 Å². The highest BCUT2D eigenvalue weighted by molar-refractivity contribution is 7.92. The molecule has 0 aliphatic heterocycles. The molecule has 2 aromatic carbocycles. The lowest BCUT2D eigenvalue weighted by Gasteiger charge is -2.10. The van der Waals surface area contributed by atoms with E-state index in [0.29, 0.717) is 36.1 Å². The molecule has 0 unspecified atom stereocenters. The fourth-order valence-corrected chi connectivity index (χ4v) is 5.37. The van der Waals surface area contributed by atoms with E-state index in [2.05, 4.69) is 32.6 Å². The molecule has 200 valence electrons. The van der Waals surface area contributed by atoms with Crippen molar-refractivity contribution >= 4 is 38.1 Å². The van der Waals surface area contributed by atoms with Crippen LogP contribution in [0.25, 0.3) is 11.3 Å². The largest absolute Gasteiger partial charge is 0.395 e. The van der Waals surface area contributed by atoms with Crippen molar-refractivity contribution in [2.75, 3.05) is 42.8 Å². The number of aliphatic hydroxyl groups excluding tert-OH is 1. The van der Waals surface area contributed by atoms with E-state index in [4.69, 9.17) is 5.11 Å². The number of nitrogens with one attached hydrogen (secondary N) is 4. The van der Waals surface area contributed by atoms with Crippen LogP contribution in [0.1, 0.15) is 31.7 Å². The molecule has 9 nitrogen and oxygen atoms in total. The molecule has 0 bridgehead atoms. The number of aromatic nitrogens is 1. The van der Waals surface area contributed by atoms with Gasteiger partial charge in [-0.05, 0) is 42.7 Å². The van der Waals surface area contributed by atoms with Gasteiger partial charge in [-0.1, -0.05) is 44.0 Å². The van der Waals surface area contributed by atoms with Crippen LogP contribution >= 0.6 is 11.3 Å². The minimum atomic E-state index is -3.73. The predicted octanol–water partition coefficient (Wildman–Crippen LogP) is 3.45. The number of carbonyl (C=O) groups excluding carboxylic acids is 1. The first-order chi connectivity index (χ1) is 17.9. The summed E-state index contributed by atoms with van der Waals surface area (Å²) in [5.41, 5.74) is 2.93. The van der Waals surface area contributed by atoms with Gasteiger partial charge >= 0.3 is 0 Å². The maximum Gasteiger partial charge on any atom is 0.261 e. The predicted molar refractivity (Wildman–Crippen MR) is 149 cm³/mol. The summed E-state index contributed by atoms with van der Waals surface area (Å²) in [5, 5.41) is 19.8. The van der Waals surface area contributed by atoms with E-state index in [1.165, 1.54) is 11.3 Å². The third-order valence-corrected chi connectivity index (χ3v) is 7.67. The number of amides is 1. The monoisotopic (exact) mass is 545 g/mol. The van der Waals surface area contributed by atoms with Crippen molar-refractivity contribution in [2.45, 2.75) is 37.5 Å². The second-order valence-corrected chi connectivity index (χ2v) is 11.1. The molecular formula is C26H35N5O4S2. The average molecular weight is 546 g/mol. The Morgan fingerprint density at radius 2 is 1.81 bits per heavy atom. The summed E-state index contributed by atoms with van der Waals surface area (Å²) in [6.45, 7) is 4.15. The standard InChI is InChI=1S/C26H35N5O4S2/c1-2-3-4-6-20-9-11-23(12-10-20)37(34,35)31-22-8-5-7-21(17-22)24-19-36-26(29-24)30-25(33)18-28-14-13-27-15-16-32/h5,7-12,17,19,27-28,31-32H,2-4,6,13-16,18H2,1H3,(H,29,30,33). The number of benzene rings is 2. The van der Waals surface area contributed by atoms with Crippen LogP contribution in [0, 0.1) is 0 Å². The summed E-state index contributed by atoms with van der Waals surface area (Å²) in [4.78, 5) is 16.8. The topological polar surface area (TPSA) is 132 Å². The van der Waals surface area contributed by atoms with Crippen molar-refractivity contribution in [2.24, 2.45) is 0 Å². The summed E-state index contributed by atoms with van der Waals surface area (Å²) in [6.07, 6.45) is 4.34. The van der Waals surface area contributed by atoms with Gasteiger partial charge in [-0.3, -0.25) is 9.52 Å². The minimum Gasteiger partial charge on any atom is -0.395 e. The molecule has 0 spiro atoms. The summed E-state index contributed by atoms with van der Waals surface area (Å²) in [6, 6.07) is 14.0. The first kappa shape index (κ1) is 28.7. The van der Waals surface area contributed by atoms with E-state index in [9.17, 15) is 13.2 Å². The normalized spacial score (nSPS) is 11.4. The molecule has 0 saturated heterocycles. The van der Waals surface area contributed by atoms with Crippen LogP contribution in [0.5, 0.6) is 0 Å². The number of anilines is 2. The Labute approximate surface area is 222 Å². The second-order valence-electron chi connectivity index (χ2n) is 8.52. The van der Waals surface area contributed by atoms with E-state index in [1.807, 2.05) is 23.6 Å². The van der Waals surface area contributed by atoms with E-state index in [1.54, 1.807) is 30.3 Å². The first-order valence-electron chi connectivity index (χ1n) is 12.4.